The third-order valence-electron chi connectivity index (χ3n) is 7.05. The van der Waals surface area contributed by atoms with E-state index in [9.17, 15) is 34.6 Å². The molecule has 0 atom stereocenters. The summed E-state index contributed by atoms with van der Waals surface area (Å²) < 4.78 is 5.19. The zero-order chi connectivity index (χ0) is 31.7. The van der Waals surface area contributed by atoms with Crippen molar-refractivity contribution in [1.29, 1.82) is 0 Å². The summed E-state index contributed by atoms with van der Waals surface area (Å²) in [6.45, 7) is 8.99. The van der Waals surface area contributed by atoms with Crippen molar-refractivity contribution in [3.05, 3.63) is 78.9 Å². The Labute approximate surface area is 261 Å². The fourth-order valence-corrected chi connectivity index (χ4v) is 4.98. The molecule has 240 valence electrons. The Morgan fingerprint density at radius 3 is 1.86 bits per heavy atom. The van der Waals surface area contributed by atoms with Gasteiger partial charge in [-0.05, 0) is 89.7 Å². The van der Waals surface area contributed by atoms with E-state index in [4.69, 9.17) is 9.84 Å². The highest BCUT2D eigenvalue weighted by atomic mass is 35.5. The van der Waals surface area contributed by atoms with Gasteiger partial charge in [-0.25, -0.2) is 9.59 Å². The van der Waals surface area contributed by atoms with Crippen molar-refractivity contribution in [3.63, 3.8) is 0 Å². The van der Waals surface area contributed by atoms with E-state index in [-0.39, 0.29) is 40.7 Å². The number of carbonyl (C=O) groups excluding carboxylic acids is 2. The minimum Gasteiger partial charge on any atom is -0.477 e. The second-order valence-corrected chi connectivity index (χ2v) is 11.6. The lowest BCUT2D eigenvalue weighted by Gasteiger charge is -2.26. The first-order valence-corrected chi connectivity index (χ1v) is 14.3. The highest BCUT2D eigenvalue weighted by molar-refractivity contribution is 5.99. The maximum atomic E-state index is 12.5. The number of piperidine rings is 2. The summed E-state index contributed by atoms with van der Waals surface area (Å²) in [5, 5.41) is 31.1. The number of halogens is 1. The average molecular weight is 635 g/mol. The predicted octanol–water partition coefficient (Wildman–Crippen LogP) is 5.88. The molecule has 14 heteroatoms. The highest BCUT2D eigenvalue weighted by Crippen LogP contribution is 2.25. The van der Waals surface area contributed by atoms with E-state index >= 15 is 0 Å². The molecular weight excluding hydrogens is 596 g/mol. The van der Waals surface area contributed by atoms with Crippen LogP contribution in [0.25, 0.3) is 0 Å². The van der Waals surface area contributed by atoms with Gasteiger partial charge in [-0.1, -0.05) is 12.5 Å². The molecule has 2 fully saturated rings. The van der Waals surface area contributed by atoms with Gasteiger partial charge in [0.2, 0.25) is 0 Å². The van der Waals surface area contributed by atoms with Gasteiger partial charge in [0, 0.05) is 37.3 Å². The Morgan fingerprint density at radius 1 is 0.818 bits per heavy atom. The van der Waals surface area contributed by atoms with Gasteiger partial charge in [-0.2, -0.15) is 0 Å². The Bertz CT molecular complexity index is 1360. The van der Waals surface area contributed by atoms with Crippen LogP contribution in [0.15, 0.2) is 36.4 Å². The van der Waals surface area contributed by atoms with Crippen LogP contribution < -0.4 is 0 Å². The van der Waals surface area contributed by atoms with E-state index in [1.54, 1.807) is 31.7 Å². The smallest absolute Gasteiger partial charge is 0.345 e. The number of hydrogen-bond donors (Lipinski definition) is 1. The zero-order valence-electron chi connectivity index (χ0n) is 25.2. The Kier molecular flexibility index (Phi) is 13.2. The maximum absolute atomic E-state index is 12.5. The highest BCUT2D eigenvalue weighted by Gasteiger charge is 2.28. The van der Waals surface area contributed by atoms with Gasteiger partial charge >= 0.3 is 11.9 Å². The average Bonchev–Trinajstić information content (AvgIpc) is 2.96. The number of rotatable bonds is 7. The number of nitro groups is 2. The van der Waals surface area contributed by atoms with Gasteiger partial charge in [0.15, 0.2) is 0 Å². The van der Waals surface area contributed by atoms with Gasteiger partial charge in [-0.15, -0.1) is 12.4 Å². The number of hydrogen-bond acceptors (Lipinski definition) is 9. The van der Waals surface area contributed by atoms with Crippen LogP contribution in [0.5, 0.6) is 0 Å². The monoisotopic (exact) mass is 634 g/mol. The number of benzene rings is 2. The molecule has 13 nitrogen and oxygen atoms in total. The molecule has 2 aliphatic rings. The van der Waals surface area contributed by atoms with Gasteiger partial charge < -0.3 is 14.7 Å². The number of aromatic carboxylic acids is 1. The molecule has 2 aliphatic heterocycles. The number of carboxylic acids is 1. The molecule has 0 saturated carbocycles. The topological polar surface area (TPSA) is 173 Å². The van der Waals surface area contributed by atoms with E-state index in [2.05, 4.69) is 4.90 Å². The van der Waals surface area contributed by atoms with Gasteiger partial charge in [0.25, 0.3) is 17.3 Å². The molecule has 4 rings (SSSR count). The van der Waals surface area contributed by atoms with E-state index in [1.807, 2.05) is 0 Å². The van der Waals surface area contributed by atoms with Crippen LogP contribution in [-0.4, -0.2) is 74.4 Å². The summed E-state index contributed by atoms with van der Waals surface area (Å²) in [7, 11) is 0. The van der Waals surface area contributed by atoms with Crippen molar-refractivity contribution in [2.75, 3.05) is 26.2 Å². The minimum absolute atomic E-state index is 0. The zero-order valence-corrected chi connectivity index (χ0v) is 26.0. The van der Waals surface area contributed by atoms with Crippen molar-refractivity contribution in [2.45, 2.75) is 71.4 Å². The second kappa shape index (κ2) is 16.1. The fourth-order valence-electron chi connectivity index (χ4n) is 4.98. The van der Waals surface area contributed by atoms with Crippen molar-refractivity contribution < 1.29 is 34.1 Å². The predicted molar refractivity (Wildman–Crippen MR) is 164 cm³/mol. The number of likely N-dealkylation sites (tertiary alicyclic amines) is 2. The lowest BCUT2D eigenvalue weighted by Crippen LogP contribution is -2.35. The standard InChI is InChI=1S/C17H22N2O5.C13H16N2O4.ClH/c1-17(2,3)24-16(21)13-8-7-12(11-14(13)19(22)23)15(20)18-9-5-4-6-10-18;16-13(17)11-5-4-10(8-12(11)15(18)19)9-14-6-2-1-3-7-14;/h7-8,11H,4-6,9-10H2,1-3H3;4-5,8H,1-3,6-7,9H2,(H,16,17);1H. The molecule has 2 heterocycles. The molecule has 0 radical (unpaired) electrons. The number of carboxylic acid groups (broad SMARTS) is 1. The van der Waals surface area contributed by atoms with Crippen molar-refractivity contribution >= 4 is 41.6 Å². The first-order chi connectivity index (χ1) is 20.3. The summed E-state index contributed by atoms with van der Waals surface area (Å²) in [5.74, 6) is -2.28. The molecule has 1 N–H and O–H groups in total. The number of carbonyl (C=O) groups is 3. The van der Waals surface area contributed by atoms with E-state index in [1.165, 1.54) is 30.7 Å². The molecule has 2 saturated heterocycles. The summed E-state index contributed by atoms with van der Waals surface area (Å²) in [5.41, 5.74) is -0.895. The van der Waals surface area contributed by atoms with Crippen LogP contribution >= 0.6 is 12.4 Å². The molecule has 0 aromatic heterocycles. The third kappa shape index (κ3) is 10.3. The molecule has 2 aromatic rings. The first-order valence-electron chi connectivity index (χ1n) is 14.3. The second-order valence-electron chi connectivity index (χ2n) is 11.6. The molecule has 0 bridgehead atoms. The summed E-state index contributed by atoms with van der Waals surface area (Å²) in [6.07, 6.45) is 6.48. The lowest BCUT2D eigenvalue weighted by atomic mass is 10.1. The molecule has 44 heavy (non-hydrogen) atoms. The van der Waals surface area contributed by atoms with Crippen molar-refractivity contribution in [2.24, 2.45) is 0 Å². The molecule has 1 amide bonds. The molecular formula is C30H39ClN4O9. The van der Waals surface area contributed by atoms with Crippen LogP contribution in [0.1, 0.15) is 95.9 Å². The summed E-state index contributed by atoms with van der Waals surface area (Å²) >= 11 is 0. The summed E-state index contributed by atoms with van der Waals surface area (Å²) in [4.78, 5) is 60.4. The normalized spacial score (nSPS) is 15.2. The number of ether oxygens (including phenoxy) is 1. The van der Waals surface area contributed by atoms with Gasteiger partial charge in [-0.3, -0.25) is 29.9 Å². The molecule has 0 unspecified atom stereocenters. The Hall–Kier alpha value is -4.10. The van der Waals surface area contributed by atoms with Gasteiger partial charge in [0.05, 0.1) is 9.85 Å². The Morgan fingerprint density at radius 2 is 1.34 bits per heavy atom. The lowest BCUT2D eigenvalue weighted by molar-refractivity contribution is -0.385. The van der Waals surface area contributed by atoms with Gasteiger partial charge in [0.1, 0.15) is 16.7 Å². The van der Waals surface area contributed by atoms with Crippen LogP contribution in [0.2, 0.25) is 0 Å². The fraction of sp³-hybridized carbons (Fsp3) is 0.500. The third-order valence-corrected chi connectivity index (χ3v) is 7.05. The SMILES string of the molecule is CC(C)(C)OC(=O)c1ccc(C(=O)N2CCCCC2)cc1[N+](=O)[O-].Cl.O=C(O)c1ccc(CN2CCCCC2)cc1[N+](=O)[O-]. The number of esters is 1. The summed E-state index contributed by atoms with van der Waals surface area (Å²) in [6, 6.07) is 8.26. The molecule has 0 aliphatic carbocycles. The minimum atomic E-state index is -1.27. The van der Waals surface area contributed by atoms with Crippen molar-refractivity contribution in [3.8, 4) is 0 Å². The quantitative estimate of drug-likeness (QED) is 0.220. The van der Waals surface area contributed by atoms with E-state index in [0.29, 0.717) is 19.6 Å². The van der Waals surface area contributed by atoms with E-state index in [0.717, 1.165) is 56.8 Å². The van der Waals surface area contributed by atoms with Crippen LogP contribution in [0.4, 0.5) is 11.4 Å². The largest absolute Gasteiger partial charge is 0.477 e. The molecule has 2 aromatic carbocycles. The number of amides is 1. The first kappa shape index (κ1) is 36.1. The van der Waals surface area contributed by atoms with Crippen molar-refractivity contribution in [1.82, 2.24) is 9.80 Å². The number of nitrogens with zero attached hydrogens (tertiary/aromatic N) is 4. The van der Waals surface area contributed by atoms with E-state index < -0.39 is 33.1 Å². The maximum Gasteiger partial charge on any atom is 0.345 e. The van der Waals surface area contributed by atoms with Crippen LogP contribution in [-0.2, 0) is 11.3 Å². The van der Waals surface area contributed by atoms with Crippen LogP contribution in [0.3, 0.4) is 0 Å². The Balaban J connectivity index is 0.000000307. The number of nitro benzene ring substituents is 2. The molecule has 0 spiro atoms. The van der Waals surface area contributed by atoms with Crippen LogP contribution in [0, 0.1) is 20.2 Å².